The maximum absolute atomic E-state index is 6.15. The summed E-state index contributed by atoms with van der Waals surface area (Å²) in [4.78, 5) is 19.5. The fourth-order valence-corrected chi connectivity index (χ4v) is 6.15. The third-order valence-corrected chi connectivity index (χ3v) is 8.39. The lowest BCUT2D eigenvalue weighted by molar-refractivity contribution is 0.667. The summed E-state index contributed by atoms with van der Waals surface area (Å²) in [6.07, 6.45) is 3.53. The molecule has 6 aromatic carbocycles. The van der Waals surface area contributed by atoms with E-state index in [1.165, 1.54) is 16.5 Å². The van der Waals surface area contributed by atoms with Crippen molar-refractivity contribution in [1.82, 2.24) is 19.9 Å². The monoisotopic (exact) mass is 576 g/mol. The van der Waals surface area contributed by atoms with Gasteiger partial charge in [0.15, 0.2) is 23.1 Å². The largest absolute Gasteiger partial charge is 0.454 e. The number of furan rings is 1. The summed E-state index contributed by atoms with van der Waals surface area (Å²) in [5.74, 6) is 1.82. The normalized spacial score (nSPS) is 11.6. The minimum absolute atomic E-state index is 0.589. The van der Waals surface area contributed by atoms with Gasteiger partial charge in [0.25, 0.3) is 0 Å². The van der Waals surface area contributed by atoms with Crippen molar-refractivity contribution in [2.45, 2.75) is 0 Å². The zero-order chi connectivity index (χ0) is 29.7. The van der Waals surface area contributed by atoms with Crippen molar-refractivity contribution < 1.29 is 4.42 Å². The zero-order valence-corrected chi connectivity index (χ0v) is 24.1. The van der Waals surface area contributed by atoms with Crippen LogP contribution in [0.4, 0.5) is 0 Å². The lowest BCUT2D eigenvalue weighted by Gasteiger charge is -2.11. The van der Waals surface area contributed by atoms with Crippen LogP contribution in [0.25, 0.3) is 88.8 Å². The molecule has 9 rings (SSSR count). The molecule has 210 valence electrons. The molecule has 0 bridgehead atoms. The number of benzene rings is 6. The highest BCUT2D eigenvalue weighted by molar-refractivity contribution is 6.11. The van der Waals surface area contributed by atoms with Crippen LogP contribution in [-0.4, -0.2) is 19.9 Å². The fourth-order valence-electron chi connectivity index (χ4n) is 6.15. The van der Waals surface area contributed by atoms with Crippen molar-refractivity contribution in [2.24, 2.45) is 0 Å². The summed E-state index contributed by atoms with van der Waals surface area (Å²) in [7, 11) is 0. The van der Waals surface area contributed by atoms with E-state index in [0.29, 0.717) is 17.5 Å². The van der Waals surface area contributed by atoms with Gasteiger partial charge in [-0.05, 0) is 63.0 Å². The molecular formula is C40H24N4O. The smallest absolute Gasteiger partial charge is 0.164 e. The van der Waals surface area contributed by atoms with Gasteiger partial charge in [-0.3, -0.25) is 4.98 Å². The van der Waals surface area contributed by atoms with Gasteiger partial charge in [-0.2, -0.15) is 0 Å². The highest BCUT2D eigenvalue weighted by atomic mass is 16.3. The molecule has 0 atom stereocenters. The second kappa shape index (κ2) is 10.2. The summed E-state index contributed by atoms with van der Waals surface area (Å²) >= 11 is 0. The van der Waals surface area contributed by atoms with Gasteiger partial charge < -0.3 is 4.42 Å². The van der Waals surface area contributed by atoms with Gasteiger partial charge in [0.2, 0.25) is 0 Å². The van der Waals surface area contributed by atoms with Crippen molar-refractivity contribution in [3.8, 4) is 45.3 Å². The summed E-state index contributed by atoms with van der Waals surface area (Å²) in [6, 6.07) is 46.0. The second-order valence-corrected chi connectivity index (χ2v) is 11.2. The van der Waals surface area contributed by atoms with Gasteiger partial charge in [-0.15, -0.1) is 0 Å². The molecule has 0 spiro atoms. The number of rotatable bonds is 4. The topological polar surface area (TPSA) is 64.7 Å². The van der Waals surface area contributed by atoms with Crippen molar-refractivity contribution >= 4 is 43.5 Å². The van der Waals surface area contributed by atoms with Gasteiger partial charge >= 0.3 is 0 Å². The fraction of sp³-hybridized carbons (Fsp3) is 0. The number of aromatic nitrogens is 4. The Balaban J connectivity index is 1.27. The minimum Gasteiger partial charge on any atom is -0.454 e. The number of pyridine rings is 1. The van der Waals surface area contributed by atoms with Crippen LogP contribution in [0.2, 0.25) is 0 Å². The van der Waals surface area contributed by atoms with E-state index >= 15 is 0 Å². The molecule has 0 unspecified atom stereocenters. The van der Waals surface area contributed by atoms with Gasteiger partial charge in [-0.1, -0.05) is 103 Å². The Kier molecular flexibility index (Phi) is 5.74. The SMILES string of the molecule is c1ccc(-c2ccc3ccc(-c4nc(-c5ccc6ccccc6c5)nc(-c5cccc6oc7cnccc7c56)n4)cc3c2)cc1. The first kappa shape index (κ1) is 25.3. The molecule has 0 aliphatic heterocycles. The number of hydrogen-bond donors (Lipinski definition) is 0. The molecule has 9 aromatic rings. The first-order chi connectivity index (χ1) is 22.3. The standard InChI is InChI=1S/C40H24N4O/c1-2-7-25(8-3-1)29-16-13-27-15-18-31(23-32(27)22-29)39-42-38(30-17-14-26-9-4-5-10-28(26)21-30)43-40(44-39)34-11-6-12-35-37(34)33-19-20-41-24-36(33)45-35/h1-24H. The van der Waals surface area contributed by atoms with Crippen LogP contribution in [-0.2, 0) is 0 Å². The third-order valence-electron chi connectivity index (χ3n) is 8.39. The second-order valence-electron chi connectivity index (χ2n) is 11.2. The van der Waals surface area contributed by atoms with E-state index in [2.05, 4.69) is 108 Å². The molecule has 5 heteroatoms. The molecule has 0 aliphatic carbocycles. The highest BCUT2D eigenvalue weighted by Crippen LogP contribution is 2.37. The number of nitrogens with zero attached hydrogens (tertiary/aromatic N) is 4. The summed E-state index contributed by atoms with van der Waals surface area (Å²) in [5.41, 5.74) is 6.58. The average Bonchev–Trinajstić information content (AvgIpc) is 3.50. The van der Waals surface area contributed by atoms with Crippen LogP contribution in [0, 0.1) is 0 Å². The third kappa shape index (κ3) is 4.41. The first-order valence-corrected chi connectivity index (χ1v) is 14.9. The summed E-state index contributed by atoms with van der Waals surface area (Å²) in [6.45, 7) is 0. The Morgan fingerprint density at radius 1 is 0.422 bits per heavy atom. The number of hydrogen-bond acceptors (Lipinski definition) is 5. The predicted octanol–water partition coefficient (Wildman–Crippen LogP) is 10.1. The van der Waals surface area contributed by atoms with Crippen molar-refractivity contribution in [3.05, 3.63) is 146 Å². The van der Waals surface area contributed by atoms with E-state index in [-0.39, 0.29) is 0 Å². The van der Waals surface area contributed by atoms with Crippen LogP contribution >= 0.6 is 0 Å². The van der Waals surface area contributed by atoms with E-state index in [4.69, 9.17) is 19.4 Å². The molecule has 5 nitrogen and oxygen atoms in total. The van der Waals surface area contributed by atoms with Crippen LogP contribution < -0.4 is 0 Å². The summed E-state index contributed by atoms with van der Waals surface area (Å²) in [5, 5.41) is 6.52. The van der Waals surface area contributed by atoms with Crippen LogP contribution in [0.1, 0.15) is 0 Å². The Bertz CT molecular complexity index is 2550. The van der Waals surface area contributed by atoms with Crippen molar-refractivity contribution in [2.75, 3.05) is 0 Å². The molecule has 0 saturated heterocycles. The van der Waals surface area contributed by atoms with E-state index in [1.807, 2.05) is 30.3 Å². The summed E-state index contributed by atoms with van der Waals surface area (Å²) < 4.78 is 6.15. The lowest BCUT2D eigenvalue weighted by Crippen LogP contribution is -2.00. The molecule has 45 heavy (non-hydrogen) atoms. The molecule has 0 N–H and O–H groups in total. The zero-order valence-electron chi connectivity index (χ0n) is 24.1. The van der Waals surface area contributed by atoms with Crippen LogP contribution in [0.3, 0.4) is 0 Å². The maximum atomic E-state index is 6.15. The molecule has 0 aliphatic rings. The Hall–Kier alpha value is -6.20. The Morgan fingerprint density at radius 2 is 1.07 bits per heavy atom. The quantitative estimate of drug-likeness (QED) is 0.209. The Labute approximate surface area is 258 Å². The molecule has 0 amide bonds. The van der Waals surface area contributed by atoms with E-state index in [0.717, 1.165) is 54.8 Å². The van der Waals surface area contributed by atoms with Crippen LogP contribution in [0.15, 0.2) is 150 Å². The maximum Gasteiger partial charge on any atom is 0.164 e. The molecule has 3 aromatic heterocycles. The van der Waals surface area contributed by atoms with E-state index in [9.17, 15) is 0 Å². The molecule has 0 saturated carbocycles. The van der Waals surface area contributed by atoms with E-state index < -0.39 is 0 Å². The molecule has 3 heterocycles. The molecular weight excluding hydrogens is 552 g/mol. The highest BCUT2D eigenvalue weighted by Gasteiger charge is 2.18. The van der Waals surface area contributed by atoms with Crippen LogP contribution in [0.5, 0.6) is 0 Å². The molecule has 0 fully saturated rings. The van der Waals surface area contributed by atoms with Crippen molar-refractivity contribution in [1.29, 1.82) is 0 Å². The number of fused-ring (bicyclic) bond motifs is 5. The van der Waals surface area contributed by atoms with E-state index in [1.54, 1.807) is 12.4 Å². The predicted molar refractivity (Wildman–Crippen MR) is 182 cm³/mol. The molecule has 0 radical (unpaired) electrons. The van der Waals surface area contributed by atoms with Gasteiger partial charge in [0.1, 0.15) is 5.58 Å². The van der Waals surface area contributed by atoms with Gasteiger partial charge in [-0.25, -0.2) is 15.0 Å². The first-order valence-electron chi connectivity index (χ1n) is 14.9. The average molecular weight is 577 g/mol. The Morgan fingerprint density at radius 3 is 1.87 bits per heavy atom. The van der Waals surface area contributed by atoms with Gasteiger partial charge in [0.05, 0.1) is 6.20 Å². The minimum atomic E-state index is 0.589. The van der Waals surface area contributed by atoms with Gasteiger partial charge in [0, 0.05) is 33.7 Å². The lowest BCUT2D eigenvalue weighted by atomic mass is 9.99. The van der Waals surface area contributed by atoms with Crippen molar-refractivity contribution in [3.63, 3.8) is 0 Å².